The van der Waals surface area contributed by atoms with E-state index in [0.717, 1.165) is 19.6 Å². The highest BCUT2D eigenvalue weighted by Gasteiger charge is 2.27. The molecule has 0 radical (unpaired) electrons. The van der Waals surface area contributed by atoms with Gasteiger partial charge in [0.25, 0.3) is 5.91 Å². The molecule has 2 N–H and O–H groups in total. The lowest BCUT2D eigenvalue weighted by Gasteiger charge is -2.36. The number of piperazine rings is 1. The number of hydrogen-bond donors (Lipinski definition) is 2. The molecule has 0 saturated carbocycles. The lowest BCUT2D eigenvalue weighted by Crippen LogP contribution is -2.52. The summed E-state index contributed by atoms with van der Waals surface area (Å²) in [5, 5.41) is 21.9. The Morgan fingerprint density at radius 3 is 2.57 bits per heavy atom. The van der Waals surface area contributed by atoms with Crippen LogP contribution in [0, 0.1) is 0 Å². The number of anilines is 1. The van der Waals surface area contributed by atoms with E-state index in [9.17, 15) is 9.90 Å². The summed E-state index contributed by atoms with van der Waals surface area (Å²) in [5.41, 5.74) is -0.702. The van der Waals surface area contributed by atoms with Crippen LogP contribution < -0.4 is 5.32 Å². The number of carbonyl (C=O) groups is 1. The van der Waals surface area contributed by atoms with Gasteiger partial charge in [-0.25, -0.2) is 0 Å². The first-order valence-electron chi connectivity index (χ1n) is 7.20. The number of carbonyl (C=O) groups excluding carboxylic acids is 1. The zero-order chi connectivity index (χ0) is 15.5. The minimum Gasteiger partial charge on any atom is -0.389 e. The summed E-state index contributed by atoms with van der Waals surface area (Å²) in [5.74, 6) is -0.0560. The molecule has 7 nitrogen and oxygen atoms in total. The summed E-state index contributed by atoms with van der Waals surface area (Å²) < 4.78 is 0. The summed E-state index contributed by atoms with van der Waals surface area (Å²) in [6, 6.07) is 0. The fourth-order valence-corrected chi connectivity index (χ4v) is 3.10. The number of β-amino-alcohol motifs (C(OH)–C–C–N with tert-alkyl or cyclic N) is 1. The van der Waals surface area contributed by atoms with Crippen molar-refractivity contribution in [2.24, 2.45) is 0 Å². The lowest BCUT2D eigenvalue weighted by molar-refractivity contribution is 0.0178. The van der Waals surface area contributed by atoms with E-state index in [1.165, 1.54) is 11.3 Å². The molecule has 8 heteroatoms. The van der Waals surface area contributed by atoms with Crippen LogP contribution in [-0.4, -0.2) is 75.9 Å². The molecule has 2 rings (SSSR count). The number of nitrogens with one attached hydrogen (secondary N) is 1. The first-order chi connectivity index (χ1) is 9.89. The molecule has 0 bridgehead atoms. The molecule has 1 amide bonds. The third kappa shape index (κ3) is 4.62. The van der Waals surface area contributed by atoms with Crippen LogP contribution in [0.15, 0.2) is 0 Å². The minimum absolute atomic E-state index is 0.0560. The number of nitrogens with zero attached hydrogens (tertiary/aromatic N) is 4. The highest BCUT2D eigenvalue weighted by Crippen LogP contribution is 2.18. The average molecular weight is 313 g/mol. The second kappa shape index (κ2) is 6.67. The van der Waals surface area contributed by atoms with Gasteiger partial charge in [0.05, 0.1) is 5.60 Å². The van der Waals surface area contributed by atoms with Crippen molar-refractivity contribution in [2.75, 3.05) is 44.6 Å². The smallest absolute Gasteiger partial charge is 0.284 e. The van der Waals surface area contributed by atoms with Gasteiger partial charge in [0.15, 0.2) is 0 Å². The van der Waals surface area contributed by atoms with E-state index in [2.05, 4.69) is 20.4 Å². The van der Waals surface area contributed by atoms with Crippen LogP contribution in [0.5, 0.6) is 0 Å². The van der Waals surface area contributed by atoms with Gasteiger partial charge < -0.3 is 15.3 Å². The van der Waals surface area contributed by atoms with Crippen molar-refractivity contribution >= 4 is 22.4 Å². The van der Waals surface area contributed by atoms with Crippen molar-refractivity contribution in [1.82, 2.24) is 20.0 Å². The molecule has 0 aromatic carbocycles. The van der Waals surface area contributed by atoms with E-state index < -0.39 is 5.60 Å². The molecule has 1 fully saturated rings. The van der Waals surface area contributed by atoms with Crippen LogP contribution in [0.3, 0.4) is 0 Å². The Balaban J connectivity index is 1.87. The third-order valence-corrected chi connectivity index (χ3v) is 4.07. The number of aromatic nitrogens is 2. The maximum atomic E-state index is 12.3. The standard InChI is InChI=1S/C13H23N5O2S/c1-4-14-12-16-15-10(21-12)11(19)18-7-5-17(6-8-18)9-13(2,3)20/h20H,4-9H2,1-3H3,(H,14,16). The Hall–Kier alpha value is -1.25. The van der Waals surface area contributed by atoms with Crippen molar-refractivity contribution in [2.45, 2.75) is 26.4 Å². The summed E-state index contributed by atoms with van der Waals surface area (Å²) in [6.45, 7) is 9.82. The Bertz CT molecular complexity index is 477. The molecule has 1 aliphatic heterocycles. The molecule has 0 unspecified atom stereocenters. The van der Waals surface area contributed by atoms with E-state index in [1.54, 1.807) is 18.7 Å². The highest BCUT2D eigenvalue weighted by atomic mass is 32.1. The van der Waals surface area contributed by atoms with Gasteiger partial charge in [0, 0.05) is 39.3 Å². The second-order valence-corrected chi connectivity index (χ2v) is 6.80. The fraction of sp³-hybridized carbons (Fsp3) is 0.769. The van der Waals surface area contributed by atoms with Gasteiger partial charge in [0.1, 0.15) is 0 Å². The molecule has 21 heavy (non-hydrogen) atoms. The molecular weight excluding hydrogens is 290 g/mol. The lowest BCUT2D eigenvalue weighted by atomic mass is 10.1. The van der Waals surface area contributed by atoms with E-state index in [4.69, 9.17) is 0 Å². The Morgan fingerprint density at radius 2 is 2.00 bits per heavy atom. The van der Waals surface area contributed by atoms with Crippen molar-refractivity contribution in [3.05, 3.63) is 5.01 Å². The van der Waals surface area contributed by atoms with Crippen LogP contribution in [0.2, 0.25) is 0 Å². The highest BCUT2D eigenvalue weighted by molar-refractivity contribution is 7.17. The van der Waals surface area contributed by atoms with E-state index in [1.807, 2.05) is 6.92 Å². The zero-order valence-electron chi connectivity index (χ0n) is 12.8. The van der Waals surface area contributed by atoms with Crippen molar-refractivity contribution in [3.8, 4) is 0 Å². The topological polar surface area (TPSA) is 81.6 Å². The number of amides is 1. The molecule has 0 spiro atoms. The predicted octanol–water partition coefficient (Wildman–Crippen LogP) is 0.499. The second-order valence-electron chi connectivity index (χ2n) is 5.82. The first kappa shape index (κ1) is 16.1. The Labute approximate surface area is 129 Å². The molecule has 1 aromatic heterocycles. The van der Waals surface area contributed by atoms with E-state index >= 15 is 0 Å². The molecule has 0 aliphatic carbocycles. The van der Waals surface area contributed by atoms with Crippen LogP contribution in [-0.2, 0) is 0 Å². The van der Waals surface area contributed by atoms with Crippen LogP contribution in [0.1, 0.15) is 30.6 Å². The third-order valence-electron chi connectivity index (χ3n) is 3.21. The van der Waals surface area contributed by atoms with Crippen molar-refractivity contribution < 1.29 is 9.90 Å². The van der Waals surface area contributed by atoms with Crippen molar-refractivity contribution in [1.29, 1.82) is 0 Å². The molecule has 1 aliphatic rings. The van der Waals surface area contributed by atoms with Gasteiger partial charge >= 0.3 is 0 Å². The molecular formula is C13H23N5O2S. The molecule has 0 atom stereocenters. The molecule has 1 aromatic rings. The first-order valence-corrected chi connectivity index (χ1v) is 8.02. The van der Waals surface area contributed by atoms with Gasteiger partial charge in [-0.2, -0.15) is 0 Å². The molecule has 2 heterocycles. The van der Waals surface area contributed by atoms with Crippen LogP contribution >= 0.6 is 11.3 Å². The normalized spacial score (nSPS) is 17.0. The number of rotatable bonds is 5. The monoisotopic (exact) mass is 313 g/mol. The SMILES string of the molecule is CCNc1nnc(C(=O)N2CCN(CC(C)(C)O)CC2)s1. The van der Waals surface area contributed by atoms with Gasteiger partial charge in [-0.1, -0.05) is 11.3 Å². The largest absolute Gasteiger partial charge is 0.389 e. The van der Waals surface area contributed by atoms with Crippen LogP contribution in [0.4, 0.5) is 5.13 Å². The maximum Gasteiger partial charge on any atom is 0.284 e. The van der Waals surface area contributed by atoms with Crippen molar-refractivity contribution in [3.63, 3.8) is 0 Å². The zero-order valence-corrected chi connectivity index (χ0v) is 13.6. The maximum absolute atomic E-state index is 12.3. The number of aliphatic hydroxyl groups is 1. The Kier molecular flexibility index (Phi) is 5.13. The van der Waals surface area contributed by atoms with E-state index in [0.29, 0.717) is 29.8 Å². The molecule has 118 valence electrons. The van der Waals surface area contributed by atoms with Gasteiger partial charge in [-0.15, -0.1) is 10.2 Å². The summed E-state index contributed by atoms with van der Waals surface area (Å²) in [7, 11) is 0. The minimum atomic E-state index is -0.702. The fourth-order valence-electron chi connectivity index (χ4n) is 2.32. The van der Waals surface area contributed by atoms with Crippen LogP contribution in [0.25, 0.3) is 0 Å². The quantitative estimate of drug-likeness (QED) is 0.824. The summed E-state index contributed by atoms with van der Waals surface area (Å²) >= 11 is 1.29. The number of hydrogen-bond acceptors (Lipinski definition) is 7. The van der Waals surface area contributed by atoms with Gasteiger partial charge in [0.2, 0.25) is 10.1 Å². The van der Waals surface area contributed by atoms with Gasteiger partial charge in [-0.3, -0.25) is 9.69 Å². The summed E-state index contributed by atoms with van der Waals surface area (Å²) in [6.07, 6.45) is 0. The predicted molar refractivity (Wildman–Crippen MR) is 82.7 cm³/mol. The Morgan fingerprint density at radius 1 is 1.33 bits per heavy atom. The average Bonchev–Trinajstić information content (AvgIpc) is 2.86. The summed E-state index contributed by atoms with van der Waals surface area (Å²) in [4.78, 5) is 16.3. The molecule has 1 saturated heterocycles. The van der Waals surface area contributed by atoms with Gasteiger partial charge in [-0.05, 0) is 20.8 Å². The van der Waals surface area contributed by atoms with E-state index in [-0.39, 0.29) is 5.91 Å².